The Hall–Kier alpha value is -4.55. The van der Waals surface area contributed by atoms with Crippen molar-refractivity contribution in [1.29, 1.82) is 0 Å². The van der Waals surface area contributed by atoms with Crippen molar-refractivity contribution >= 4 is 35.0 Å². The molecule has 2 N–H and O–H groups in total. The molecule has 3 aromatic rings. The number of likely N-dealkylation sites (N-methyl/N-ethyl adjacent to an activating group) is 2. The van der Waals surface area contributed by atoms with Gasteiger partial charge in [0.15, 0.2) is 0 Å². The van der Waals surface area contributed by atoms with Gasteiger partial charge in [0, 0.05) is 62.5 Å². The van der Waals surface area contributed by atoms with Crippen LogP contribution in [0.3, 0.4) is 0 Å². The fraction of sp³-hybridized carbons (Fsp3) is 0.276. The molecule has 0 aliphatic carbocycles. The number of carbonyl (C=O) groups excluding carboxylic acids is 1. The summed E-state index contributed by atoms with van der Waals surface area (Å²) in [6, 6.07) is 5.54. The summed E-state index contributed by atoms with van der Waals surface area (Å²) in [5.41, 5.74) is 5.75. The van der Waals surface area contributed by atoms with Crippen molar-refractivity contribution < 1.29 is 9.53 Å². The molecule has 0 saturated heterocycles. The number of aromatic nitrogens is 3. The van der Waals surface area contributed by atoms with Crippen molar-refractivity contribution in [2.45, 2.75) is 6.92 Å². The van der Waals surface area contributed by atoms with Crippen LogP contribution >= 0.6 is 0 Å². The minimum atomic E-state index is -0.311. The number of nitrogens with one attached hydrogen (secondary N) is 2. The smallest absolute Gasteiger partial charge is 0.247 e. The van der Waals surface area contributed by atoms with Crippen molar-refractivity contribution in [3.8, 4) is 29.4 Å². The SMILES string of the molecule is C#C/C=C\c1c(-c2ccnc(Nc3cc(NC(=O)C=C)c(N(C)CCN(C)C)cc3OC)n2)cn(C)c1C. The highest BCUT2D eigenvalue weighted by Crippen LogP contribution is 2.38. The van der Waals surface area contributed by atoms with E-state index < -0.39 is 0 Å². The zero-order valence-electron chi connectivity index (χ0n) is 22.9. The van der Waals surface area contributed by atoms with E-state index in [2.05, 4.69) is 37.9 Å². The summed E-state index contributed by atoms with van der Waals surface area (Å²) in [5, 5.41) is 6.16. The van der Waals surface area contributed by atoms with E-state index >= 15 is 0 Å². The molecule has 0 unspecified atom stereocenters. The Kier molecular flexibility index (Phi) is 9.30. The first-order valence-electron chi connectivity index (χ1n) is 12.1. The lowest BCUT2D eigenvalue weighted by Crippen LogP contribution is -2.29. The van der Waals surface area contributed by atoms with Gasteiger partial charge in [-0.15, -0.1) is 6.42 Å². The molecule has 9 nitrogen and oxygen atoms in total. The summed E-state index contributed by atoms with van der Waals surface area (Å²) in [5.74, 6) is 3.19. The van der Waals surface area contributed by atoms with Gasteiger partial charge in [-0.1, -0.05) is 12.5 Å². The summed E-state index contributed by atoms with van der Waals surface area (Å²) in [6.07, 6.45) is 14.0. The number of ether oxygens (including phenoxy) is 1. The van der Waals surface area contributed by atoms with Gasteiger partial charge >= 0.3 is 0 Å². The van der Waals surface area contributed by atoms with Crippen LogP contribution in [0.2, 0.25) is 0 Å². The van der Waals surface area contributed by atoms with Crippen molar-refractivity contribution in [2.24, 2.45) is 7.05 Å². The normalized spacial score (nSPS) is 10.9. The molecule has 198 valence electrons. The van der Waals surface area contributed by atoms with Gasteiger partial charge in [0.1, 0.15) is 5.75 Å². The van der Waals surface area contributed by atoms with Gasteiger partial charge in [0.25, 0.3) is 0 Å². The highest BCUT2D eigenvalue weighted by molar-refractivity contribution is 6.02. The molecule has 0 aliphatic heterocycles. The largest absolute Gasteiger partial charge is 0.494 e. The number of methoxy groups -OCH3 is 1. The van der Waals surface area contributed by atoms with Crippen LogP contribution in [0, 0.1) is 19.3 Å². The first kappa shape index (κ1) is 28.0. The quantitative estimate of drug-likeness (QED) is 0.292. The molecule has 0 fully saturated rings. The second-order valence-electron chi connectivity index (χ2n) is 9.03. The third-order valence-corrected chi connectivity index (χ3v) is 6.11. The van der Waals surface area contributed by atoms with Crippen molar-refractivity contribution in [1.82, 2.24) is 19.4 Å². The number of aryl methyl sites for hydroxylation is 1. The average Bonchev–Trinajstić information content (AvgIpc) is 3.19. The molecule has 2 heterocycles. The maximum Gasteiger partial charge on any atom is 0.247 e. The monoisotopic (exact) mass is 513 g/mol. The highest BCUT2D eigenvalue weighted by atomic mass is 16.5. The standard InChI is InChI=1S/C29H35N7O2/c1-9-11-12-21-20(3)36(7)19-22(21)23-13-14-30-29(32-23)33-25-17-24(31-28(37)10-2)26(18-27(25)38-8)35(6)16-15-34(4)5/h1,10-14,17-19H,2,15-16H2,3-8H3,(H,31,37)(H,30,32,33)/b12-11-. The van der Waals surface area contributed by atoms with E-state index in [1.165, 1.54) is 6.08 Å². The van der Waals surface area contributed by atoms with E-state index in [0.29, 0.717) is 23.1 Å². The molecule has 38 heavy (non-hydrogen) atoms. The van der Waals surface area contributed by atoms with Crippen LogP contribution in [0.1, 0.15) is 11.3 Å². The lowest BCUT2D eigenvalue weighted by molar-refractivity contribution is -0.111. The molecule has 2 aromatic heterocycles. The Morgan fingerprint density at radius 3 is 2.68 bits per heavy atom. The number of hydrogen-bond donors (Lipinski definition) is 2. The van der Waals surface area contributed by atoms with Crippen molar-refractivity contribution in [3.63, 3.8) is 0 Å². The molecule has 0 atom stereocenters. The first-order chi connectivity index (χ1) is 18.2. The second-order valence-corrected chi connectivity index (χ2v) is 9.03. The molecule has 0 saturated carbocycles. The summed E-state index contributed by atoms with van der Waals surface area (Å²) in [4.78, 5) is 25.6. The van der Waals surface area contributed by atoms with Crippen LogP contribution in [-0.4, -0.2) is 66.7 Å². The minimum absolute atomic E-state index is 0.311. The molecule has 0 spiro atoms. The number of hydrogen-bond acceptors (Lipinski definition) is 7. The summed E-state index contributed by atoms with van der Waals surface area (Å²) >= 11 is 0. The van der Waals surface area contributed by atoms with Crippen LogP contribution in [0.25, 0.3) is 17.3 Å². The molecule has 1 amide bonds. The molecule has 0 bridgehead atoms. The van der Waals surface area contributed by atoms with Crippen LogP contribution in [-0.2, 0) is 11.8 Å². The van der Waals surface area contributed by atoms with Crippen molar-refractivity contribution in [2.75, 3.05) is 56.9 Å². The molecule has 0 aliphatic rings. The fourth-order valence-electron chi connectivity index (χ4n) is 3.89. The van der Waals surface area contributed by atoms with Crippen LogP contribution in [0.4, 0.5) is 23.0 Å². The van der Waals surface area contributed by atoms with Gasteiger partial charge in [-0.25, -0.2) is 9.97 Å². The van der Waals surface area contributed by atoms with Crippen molar-refractivity contribution in [3.05, 3.63) is 60.6 Å². The molecule has 0 radical (unpaired) electrons. The Labute approximate surface area is 224 Å². The number of anilines is 4. The van der Waals surface area contributed by atoms with Gasteiger partial charge in [-0.05, 0) is 51.4 Å². The number of allylic oxidation sites excluding steroid dienone is 1. The minimum Gasteiger partial charge on any atom is -0.494 e. The molecule has 9 heteroatoms. The van der Waals surface area contributed by atoms with Gasteiger partial charge in [-0.3, -0.25) is 4.79 Å². The Morgan fingerprint density at radius 2 is 2.03 bits per heavy atom. The lowest BCUT2D eigenvalue weighted by atomic mass is 10.1. The third kappa shape index (κ3) is 6.60. The number of amides is 1. The Bertz CT molecular complexity index is 1380. The number of rotatable bonds is 11. The Balaban J connectivity index is 2.02. The summed E-state index contributed by atoms with van der Waals surface area (Å²) in [6.45, 7) is 7.19. The number of terminal acetylenes is 1. The maximum absolute atomic E-state index is 12.2. The number of nitrogens with zero attached hydrogens (tertiary/aromatic N) is 5. The van der Waals surface area contributed by atoms with E-state index in [9.17, 15) is 4.79 Å². The first-order valence-corrected chi connectivity index (χ1v) is 12.1. The summed E-state index contributed by atoms with van der Waals surface area (Å²) < 4.78 is 7.73. The zero-order chi connectivity index (χ0) is 27.8. The topological polar surface area (TPSA) is 87.6 Å². The van der Waals surface area contributed by atoms with E-state index in [1.54, 1.807) is 19.4 Å². The molecular formula is C29H35N7O2. The van der Waals surface area contributed by atoms with Gasteiger partial charge in [0.05, 0.1) is 29.9 Å². The molecule has 3 rings (SSSR count). The molecular weight excluding hydrogens is 478 g/mol. The molecule has 1 aromatic carbocycles. The predicted octanol–water partition coefficient (Wildman–Crippen LogP) is 4.31. The van der Waals surface area contributed by atoms with E-state index in [-0.39, 0.29) is 5.91 Å². The second kappa shape index (κ2) is 12.6. The highest BCUT2D eigenvalue weighted by Gasteiger charge is 2.17. The van der Waals surface area contributed by atoms with Crippen LogP contribution < -0.4 is 20.3 Å². The average molecular weight is 514 g/mol. The van der Waals surface area contributed by atoms with Gasteiger partial charge < -0.3 is 29.7 Å². The third-order valence-electron chi connectivity index (χ3n) is 6.11. The zero-order valence-corrected chi connectivity index (χ0v) is 22.9. The van der Waals surface area contributed by atoms with Gasteiger partial charge in [0.2, 0.25) is 11.9 Å². The Morgan fingerprint density at radius 1 is 1.26 bits per heavy atom. The van der Waals surface area contributed by atoms with Crippen LogP contribution in [0.15, 0.2) is 49.3 Å². The van der Waals surface area contributed by atoms with Crippen LogP contribution in [0.5, 0.6) is 5.75 Å². The predicted molar refractivity (Wildman–Crippen MR) is 156 cm³/mol. The van der Waals surface area contributed by atoms with E-state index in [1.807, 2.05) is 70.2 Å². The fourth-order valence-corrected chi connectivity index (χ4v) is 3.89. The summed E-state index contributed by atoms with van der Waals surface area (Å²) in [7, 11) is 9.57. The van der Waals surface area contributed by atoms with E-state index in [0.717, 1.165) is 41.3 Å². The number of benzene rings is 1. The van der Waals surface area contributed by atoms with E-state index in [4.69, 9.17) is 16.1 Å². The van der Waals surface area contributed by atoms with Gasteiger partial charge in [-0.2, -0.15) is 0 Å². The number of carbonyl (C=O) groups is 1. The maximum atomic E-state index is 12.2. The lowest BCUT2D eigenvalue weighted by Gasteiger charge is -2.26.